The quantitative estimate of drug-likeness (QED) is 0.0147. The zero-order valence-electron chi connectivity index (χ0n) is 43.2. The molecule has 1 rings (SSSR count). The highest BCUT2D eigenvalue weighted by molar-refractivity contribution is 7.47. The number of carbonyl (C=O) groups excluding carboxylic acids is 1. The largest absolute Gasteiger partial charge is 0.472 e. The van der Waals surface area contributed by atoms with E-state index < -0.39 is 63.1 Å². The molecule has 0 aromatic heterocycles. The van der Waals surface area contributed by atoms with E-state index in [-0.39, 0.29) is 13.0 Å². The molecule has 13 heteroatoms. The normalized spacial score (nSPS) is 21.4. The van der Waals surface area contributed by atoms with Gasteiger partial charge in [0.1, 0.15) is 42.7 Å². The van der Waals surface area contributed by atoms with Crippen LogP contribution in [-0.4, -0.2) is 98.9 Å². The number of unbranched alkanes of at least 4 members (excludes halogenated alkanes) is 30. The zero-order chi connectivity index (χ0) is 49.8. The molecule has 6 N–H and O–H groups in total. The van der Waals surface area contributed by atoms with Crippen molar-refractivity contribution in [1.29, 1.82) is 0 Å². The lowest BCUT2D eigenvalue weighted by Crippen LogP contribution is -2.64. The molecule has 1 fully saturated rings. The Hall–Kier alpha value is -1.44. The van der Waals surface area contributed by atoms with Crippen LogP contribution in [0.3, 0.4) is 0 Å². The standard InChI is InChI=1S/C55H103O12P/c1-3-5-7-9-11-13-15-17-19-21-23-24-25-26-27-28-30-32-34-36-38-40-42-44-49(56)66-48(47-65-68(62,63)67-55-53(60)51(58)50(57)52(59)54(55)61)46-64-45-43-41-39-37-35-33-31-29-22-20-18-16-14-12-10-8-6-4-2/h12,14,18,20-21,23,48,50-55,57-61H,3-11,13,15-17,19,22,24-47H2,1-2H3,(H,62,63)/b14-12-,20-18-,23-21-. The first-order valence-electron chi connectivity index (χ1n) is 27.8. The van der Waals surface area contributed by atoms with Gasteiger partial charge in [-0.05, 0) is 70.6 Å². The molecule has 0 bridgehead atoms. The fraction of sp³-hybridized carbons (Fsp3) is 0.873. The molecule has 0 heterocycles. The number of hydrogen-bond acceptors (Lipinski definition) is 11. The summed E-state index contributed by atoms with van der Waals surface area (Å²) in [6.07, 6.45) is 43.5. The van der Waals surface area contributed by atoms with Crippen LogP contribution in [0.5, 0.6) is 0 Å². The van der Waals surface area contributed by atoms with Crippen LogP contribution in [0.1, 0.15) is 245 Å². The summed E-state index contributed by atoms with van der Waals surface area (Å²) in [5.41, 5.74) is 0. The lowest BCUT2D eigenvalue weighted by atomic mass is 9.85. The Morgan fingerprint density at radius 1 is 0.471 bits per heavy atom. The van der Waals surface area contributed by atoms with E-state index in [0.29, 0.717) is 13.0 Å². The minimum absolute atomic E-state index is 0.0792. The highest BCUT2D eigenvalue weighted by atomic mass is 31.2. The second-order valence-corrected chi connectivity index (χ2v) is 20.8. The molecule has 68 heavy (non-hydrogen) atoms. The van der Waals surface area contributed by atoms with E-state index in [1.807, 2.05) is 0 Å². The second-order valence-electron chi connectivity index (χ2n) is 19.4. The minimum atomic E-state index is -5.03. The van der Waals surface area contributed by atoms with Gasteiger partial charge in [-0.15, -0.1) is 0 Å². The van der Waals surface area contributed by atoms with Gasteiger partial charge in [0.2, 0.25) is 0 Å². The van der Waals surface area contributed by atoms with Gasteiger partial charge in [-0.25, -0.2) is 4.57 Å². The van der Waals surface area contributed by atoms with Gasteiger partial charge in [0, 0.05) is 13.0 Å². The maximum absolute atomic E-state index is 12.9. The first-order valence-corrected chi connectivity index (χ1v) is 29.3. The number of esters is 1. The van der Waals surface area contributed by atoms with Crippen LogP contribution in [0, 0.1) is 0 Å². The summed E-state index contributed by atoms with van der Waals surface area (Å²) >= 11 is 0. The average Bonchev–Trinajstić information content (AvgIpc) is 3.32. The summed E-state index contributed by atoms with van der Waals surface area (Å²) < 4.78 is 34.4. The average molecular weight is 987 g/mol. The molecule has 0 radical (unpaired) electrons. The number of aliphatic hydroxyl groups excluding tert-OH is 5. The van der Waals surface area contributed by atoms with Crippen molar-refractivity contribution in [2.75, 3.05) is 19.8 Å². The van der Waals surface area contributed by atoms with Gasteiger partial charge in [-0.1, -0.05) is 204 Å². The maximum atomic E-state index is 12.9. The van der Waals surface area contributed by atoms with E-state index in [9.17, 15) is 39.8 Å². The van der Waals surface area contributed by atoms with Crippen molar-refractivity contribution in [2.45, 2.75) is 288 Å². The summed E-state index contributed by atoms with van der Waals surface area (Å²) in [4.78, 5) is 23.3. The molecular weight excluding hydrogens is 884 g/mol. The van der Waals surface area contributed by atoms with E-state index in [2.05, 4.69) is 50.3 Å². The molecular formula is C55H103O12P. The summed E-state index contributed by atoms with van der Waals surface area (Å²) in [5.74, 6) is -0.477. The Bertz CT molecular complexity index is 1260. The Morgan fingerprint density at radius 2 is 0.824 bits per heavy atom. The molecule has 0 saturated heterocycles. The lowest BCUT2D eigenvalue weighted by Gasteiger charge is -2.41. The van der Waals surface area contributed by atoms with Crippen molar-refractivity contribution in [3.8, 4) is 0 Å². The van der Waals surface area contributed by atoms with Gasteiger partial charge in [-0.2, -0.15) is 0 Å². The Labute approximate surface area is 414 Å². The number of phosphoric acid groups is 1. The van der Waals surface area contributed by atoms with Crippen LogP contribution in [0.25, 0.3) is 0 Å². The van der Waals surface area contributed by atoms with Crippen LogP contribution < -0.4 is 0 Å². The van der Waals surface area contributed by atoms with Crippen LogP contribution in [0.2, 0.25) is 0 Å². The number of hydrogen-bond donors (Lipinski definition) is 6. The number of allylic oxidation sites excluding steroid dienone is 6. The predicted molar refractivity (Wildman–Crippen MR) is 276 cm³/mol. The van der Waals surface area contributed by atoms with Gasteiger partial charge in [0.15, 0.2) is 0 Å². The molecule has 0 aromatic carbocycles. The van der Waals surface area contributed by atoms with Gasteiger partial charge < -0.3 is 39.9 Å². The zero-order valence-corrected chi connectivity index (χ0v) is 44.1. The molecule has 1 saturated carbocycles. The first kappa shape index (κ1) is 64.6. The van der Waals surface area contributed by atoms with Crippen molar-refractivity contribution in [1.82, 2.24) is 0 Å². The Morgan fingerprint density at radius 3 is 1.28 bits per heavy atom. The number of phosphoric ester groups is 1. The number of rotatable bonds is 48. The molecule has 0 spiro atoms. The monoisotopic (exact) mass is 987 g/mol. The summed E-state index contributed by atoms with van der Waals surface area (Å²) in [7, 11) is -5.03. The molecule has 0 aliphatic heterocycles. The molecule has 6 atom stereocenters. The van der Waals surface area contributed by atoms with E-state index in [1.54, 1.807) is 0 Å². The van der Waals surface area contributed by atoms with Crippen molar-refractivity contribution in [2.24, 2.45) is 0 Å². The number of aliphatic hydroxyl groups is 5. The molecule has 400 valence electrons. The first-order chi connectivity index (χ1) is 33.0. The SMILES string of the molecule is CCCCC/C=C\C/C=C\CCCCCCCCCCOCC(COP(=O)(O)OC1C(O)C(O)C(O)C(O)C1O)OC(=O)CCCCCCCCCCCCC/C=C\CCCCCCCCCC. The van der Waals surface area contributed by atoms with Gasteiger partial charge >= 0.3 is 13.8 Å². The fourth-order valence-corrected chi connectivity index (χ4v) is 9.53. The van der Waals surface area contributed by atoms with E-state index in [0.717, 1.165) is 57.8 Å². The minimum Gasteiger partial charge on any atom is -0.457 e. The highest BCUT2D eigenvalue weighted by Crippen LogP contribution is 2.47. The van der Waals surface area contributed by atoms with E-state index in [1.165, 1.54) is 161 Å². The van der Waals surface area contributed by atoms with E-state index in [4.69, 9.17) is 18.5 Å². The van der Waals surface area contributed by atoms with Crippen molar-refractivity contribution in [3.05, 3.63) is 36.5 Å². The lowest BCUT2D eigenvalue weighted by molar-refractivity contribution is -0.220. The topological polar surface area (TPSA) is 192 Å². The van der Waals surface area contributed by atoms with Gasteiger partial charge in [-0.3, -0.25) is 13.8 Å². The molecule has 0 amide bonds. The van der Waals surface area contributed by atoms with Crippen molar-refractivity contribution >= 4 is 13.8 Å². The highest BCUT2D eigenvalue weighted by Gasteiger charge is 2.51. The maximum Gasteiger partial charge on any atom is 0.472 e. The number of ether oxygens (including phenoxy) is 2. The van der Waals surface area contributed by atoms with Gasteiger partial charge in [0.25, 0.3) is 0 Å². The summed E-state index contributed by atoms with van der Waals surface area (Å²) in [5, 5.41) is 50.4. The van der Waals surface area contributed by atoms with Gasteiger partial charge in [0.05, 0.1) is 13.2 Å². The fourth-order valence-electron chi connectivity index (χ4n) is 8.56. The van der Waals surface area contributed by atoms with Crippen molar-refractivity contribution < 1.29 is 58.3 Å². The third-order valence-corrected chi connectivity index (χ3v) is 14.0. The van der Waals surface area contributed by atoms with Crippen LogP contribution in [0.15, 0.2) is 36.5 Å². The predicted octanol–water partition coefficient (Wildman–Crippen LogP) is 13.0. The smallest absolute Gasteiger partial charge is 0.457 e. The second kappa shape index (κ2) is 45.4. The third kappa shape index (κ3) is 36.5. The number of carbonyl (C=O) groups is 1. The third-order valence-electron chi connectivity index (χ3n) is 13.0. The van der Waals surface area contributed by atoms with Crippen LogP contribution >= 0.6 is 7.82 Å². The molecule has 6 unspecified atom stereocenters. The Balaban J connectivity index is 2.30. The Kier molecular flexibility index (Phi) is 43.1. The molecule has 0 aromatic rings. The molecule has 1 aliphatic carbocycles. The molecule has 12 nitrogen and oxygen atoms in total. The van der Waals surface area contributed by atoms with Crippen LogP contribution in [-0.2, 0) is 27.9 Å². The molecule has 1 aliphatic rings. The van der Waals surface area contributed by atoms with Crippen molar-refractivity contribution in [3.63, 3.8) is 0 Å². The summed E-state index contributed by atoms with van der Waals surface area (Å²) in [6, 6.07) is 0. The van der Waals surface area contributed by atoms with E-state index >= 15 is 0 Å². The summed E-state index contributed by atoms with van der Waals surface area (Å²) in [6.45, 7) is 4.26. The van der Waals surface area contributed by atoms with Crippen LogP contribution in [0.4, 0.5) is 0 Å².